The summed E-state index contributed by atoms with van der Waals surface area (Å²) in [6.07, 6.45) is -3.05. The average molecular weight is 439 g/mol. The maximum Gasteiger partial charge on any atom is 0.303 e. The molecule has 10 heteroatoms. The number of benzene rings is 1. The molecule has 1 heterocycles. The van der Waals surface area contributed by atoms with E-state index in [2.05, 4.69) is 5.32 Å². The van der Waals surface area contributed by atoms with Crippen LogP contribution in [-0.4, -0.2) is 60.2 Å². The Balaban J connectivity index is 2.42. The molecule has 0 spiro atoms. The normalized spacial score (nSPS) is 25.7. The van der Waals surface area contributed by atoms with E-state index in [0.717, 1.165) is 4.90 Å². The Morgan fingerprint density at radius 3 is 2.07 bits per heavy atom. The number of esters is 3. The first kappa shape index (κ1) is 23.7. The number of ether oxygens (including phenoxy) is 4. The Labute approximate surface area is 178 Å². The third kappa shape index (κ3) is 7.03. The number of rotatable bonds is 7. The van der Waals surface area contributed by atoms with Gasteiger partial charge in [0.05, 0.1) is 0 Å². The van der Waals surface area contributed by atoms with Crippen molar-refractivity contribution in [1.29, 1.82) is 0 Å². The fourth-order valence-electron chi connectivity index (χ4n) is 3.02. The van der Waals surface area contributed by atoms with Gasteiger partial charge in [0.1, 0.15) is 24.2 Å². The lowest BCUT2D eigenvalue weighted by Gasteiger charge is -2.45. The van der Waals surface area contributed by atoms with Crippen molar-refractivity contribution in [2.24, 2.45) is 0 Å². The largest absolute Gasteiger partial charge is 0.463 e. The fourth-order valence-corrected chi connectivity index (χ4v) is 4.17. The van der Waals surface area contributed by atoms with E-state index in [1.807, 2.05) is 30.3 Å². The number of amides is 1. The summed E-state index contributed by atoms with van der Waals surface area (Å²) in [6, 6.07) is 8.45. The molecule has 30 heavy (non-hydrogen) atoms. The van der Waals surface area contributed by atoms with Crippen LogP contribution in [0.5, 0.6) is 0 Å². The fraction of sp³-hybridized carbons (Fsp3) is 0.500. The lowest BCUT2D eigenvalue weighted by atomic mass is 9.97. The zero-order valence-electron chi connectivity index (χ0n) is 17.2. The Morgan fingerprint density at radius 2 is 1.53 bits per heavy atom. The SMILES string of the molecule is CC(=O)N[C@H]1[C@@H](OC(C)=O)[C@H](OC(C)=O)[C@H](COC(C)=O)O[C@@H]1Sc1ccccc1. The predicted molar refractivity (Wildman–Crippen MR) is 106 cm³/mol. The van der Waals surface area contributed by atoms with Crippen molar-refractivity contribution >= 4 is 35.6 Å². The highest BCUT2D eigenvalue weighted by molar-refractivity contribution is 7.99. The van der Waals surface area contributed by atoms with Crippen molar-refractivity contribution in [2.45, 2.75) is 62.4 Å². The van der Waals surface area contributed by atoms with E-state index in [4.69, 9.17) is 18.9 Å². The minimum absolute atomic E-state index is 0.219. The number of nitrogens with one attached hydrogen (secondary N) is 1. The van der Waals surface area contributed by atoms with Crippen LogP contribution in [0.25, 0.3) is 0 Å². The second-order valence-electron chi connectivity index (χ2n) is 6.65. The number of carbonyl (C=O) groups excluding carboxylic acids is 4. The van der Waals surface area contributed by atoms with Crippen LogP contribution < -0.4 is 5.32 Å². The van der Waals surface area contributed by atoms with Crippen LogP contribution in [0.1, 0.15) is 27.7 Å². The van der Waals surface area contributed by atoms with Gasteiger partial charge in [-0.1, -0.05) is 30.0 Å². The van der Waals surface area contributed by atoms with Crippen LogP contribution in [0.15, 0.2) is 35.2 Å². The summed E-state index contributed by atoms with van der Waals surface area (Å²) in [5.41, 5.74) is -0.715. The van der Waals surface area contributed by atoms with Gasteiger partial charge < -0.3 is 24.3 Å². The van der Waals surface area contributed by atoms with Gasteiger partial charge in [-0.3, -0.25) is 19.2 Å². The van der Waals surface area contributed by atoms with Gasteiger partial charge in [0.15, 0.2) is 12.2 Å². The third-order valence-corrected chi connectivity index (χ3v) is 5.25. The molecule has 1 fully saturated rings. The zero-order valence-corrected chi connectivity index (χ0v) is 18.0. The number of thioether (sulfide) groups is 1. The van der Waals surface area contributed by atoms with Crippen LogP contribution in [0.2, 0.25) is 0 Å². The molecule has 1 N–H and O–H groups in total. The molecule has 0 radical (unpaired) electrons. The Bertz CT molecular complexity index is 771. The molecule has 5 atom stereocenters. The molecule has 1 aromatic carbocycles. The second kappa shape index (κ2) is 11.0. The molecule has 9 nitrogen and oxygen atoms in total. The standard InChI is InChI=1S/C20H25NO8S/c1-11(22)21-17-19(28-14(4)25)18(27-13(3)24)16(10-26-12(2)23)29-20(17)30-15-8-6-5-7-9-15/h5-9,16-20H,10H2,1-4H3,(H,21,22)/t16-,17-,18+,19+,20+/m0/s1. The van der Waals surface area contributed by atoms with Crippen molar-refractivity contribution in [3.05, 3.63) is 30.3 Å². The van der Waals surface area contributed by atoms with Gasteiger partial charge >= 0.3 is 17.9 Å². The molecule has 0 aromatic heterocycles. The maximum absolute atomic E-state index is 11.9. The molecular formula is C20H25NO8S. The van der Waals surface area contributed by atoms with Crippen molar-refractivity contribution < 1.29 is 38.1 Å². The van der Waals surface area contributed by atoms with Gasteiger partial charge in [0, 0.05) is 32.6 Å². The molecule has 1 aliphatic heterocycles. The molecule has 2 rings (SSSR count). The first-order valence-corrected chi connectivity index (χ1v) is 10.2. The first-order valence-electron chi connectivity index (χ1n) is 9.29. The molecule has 1 aromatic rings. The smallest absolute Gasteiger partial charge is 0.303 e. The summed E-state index contributed by atoms with van der Waals surface area (Å²) in [5.74, 6) is -2.17. The lowest BCUT2D eigenvalue weighted by Crippen LogP contribution is -2.65. The predicted octanol–water partition coefficient (Wildman–Crippen LogP) is 1.43. The van der Waals surface area contributed by atoms with Crippen molar-refractivity contribution in [3.63, 3.8) is 0 Å². The number of hydrogen-bond donors (Lipinski definition) is 1. The monoisotopic (exact) mass is 439 g/mol. The minimum Gasteiger partial charge on any atom is -0.463 e. The van der Waals surface area contributed by atoms with E-state index >= 15 is 0 Å². The Hall–Kier alpha value is -2.59. The summed E-state index contributed by atoms with van der Waals surface area (Å²) < 4.78 is 22.0. The van der Waals surface area contributed by atoms with Crippen molar-refractivity contribution in [1.82, 2.24) is 5.32 Å². The first-order chi connectivity index (χ1) is 14.2. The molecular weight excluding hydrogens is 414 g/mol. The molecule has 0 saturated carbocycles. The Morgan fingerprint density at radius 1 is 0.933 bits per heavy atom. The molecule has 0 unspecified atom stereocenters. The van der Waals surface area contributed by atoms with Gasteiger partial charge in [-0.05, 0) is 12.1 Å². The minimum atomic E-state index is -1.09. The molecule has 1 amide bonds. The topological polar surface area (TPSA) is 117 Å². The summed E-state index contributed by atoms with van der Waals surface area (Å²) in [7, 11) is 0. The van der Waals surface area contributed by atoms with Crippen LogP contribution in [0.3, 0.4) is 0 Å². The lowest BCUT2D eigenvalue weighted by molar-refractivity contribution is -0.211. The summed E-state index contributed by atoms with van der Waals surface area (Å²) in [4.78, 5) is 47.6. The molecule has 0 aliphatic carbocycles. The highest BCUT2D eigenvalue weighted by atomic mass is 32.2. The summed E-state index contributed by atoms with van der Waals surface area (Å²) in [6.45, 7) is 4.76. The maximum atomic E-state index is 11.9. The van der Waals surface area contributed by atoms with Crippen molar-refractivity contribution in [3.8, 4) is 0 Å². The van der Waals surface area contributed by atoms with Gasteiger partial charge in [-0.25, -0.2) is 0 Å². The number of carbonyl (C=O) groups is 4. The summed E-state index contributed by atoms with van der Waals surface area (Å²) in [5, 5.41) is 2.74. The van der Waals surface area contributed by atoms with E-state index in [9.17, 15) is 19.2 Å². The highest BCUT2D eigenvalue weighted by Gasteiger charge is 2.51. The van der Waals surface area contributed by atoms with E-state index < -0.39 is 47.7 Å². The quantitative estimate of drug-likeness (QED) is 0.497. The van der Waals surface area contributed by atoms with Crippen LogP contribution >= 0.6 is 11.8 Å². The molecule has 164 valence electrons. The van der Waals surface area contributed by atoms with E-state index in [1.54, 1.807) is 0 Å². The Kier molecular flexibility index (Phi) is 8.67. The van der Waals surface area contributed by atoms with Crippen LogP contribution in [0.4, 0.5) is 0 Å². The second-order valence-corrected chi connectivity index (χ2v) is 7.82. The van der Waals surface area contributed by atoms with Gasteiger partial charge in [0.2, 0.25) is 5.91 Å². The average Bonchev–Trinajstić information content (AvgIpc) is 2.64. The summed E-state index contributed by atoms with van der Waals surface area (Å²) >= 11 is 1.30. The van der Waals surface area contributed by atoms with Crippen LogP contribution in [-0.2, 0) is 38.1 Å². The molecule has 1 saturated heterocycles. The molecule has 1 aliphatic rings. The van der Waals surface area contributed by atoms with Crippen molar-refractivity contribution in [2.75, 3.05) is 6.61 Å². The van der Waals surface area contributed by atoms with E-state index in [0.29, 0.717) is 0 Å². The van der Waals surface area contributed by atoms with Gasteiger partial charge in [-0.2, -0.15) is 0 Å². The van der Waals surface area contributed by atoms with Gasteiger partial charge in [0.25, 0.3) is 0 Å². The van der Waals surface area contributed by atoms with E-state index in [-0.39, 0.29) is 12.5 Å². The van der Waals surface area contributed by atoms with Crippen LogP contribution in [0, 0.1) is 0 Å². The third-order valence-electron chi connectivity index (χ3n) is 4.07. The number of hydrogen-bond acceptors (Lipinski definition) is 9. The zero-order chi connectivity index (χ0) is 22.3. The van der Waals surface area contributed by atoms with Gasteiger partial charge in [-0.15, -0.1) is 0 Å². The highest BCUT2D eigenvalue weighted by Crippen LogP contribution is 2.36. The molecule has 0 bridgehead atoms. The van der Waals surface area contributed by atoms with E-state index in [1.165, 1.54) is 39.5 Å².